The molecule has 0 saturated carbocycles. The van der Waals surface area contributed by atoms with Gasteiger partial charge in [0.1, 0.15) is 0 Å². The fourth-order valence-corrected chi connectivity index (χ4v) is 2.20. The number of unbranched alkanes of at least 4 members (excludes halogenated alkanes) is 8. The molecule has 1 amide bonds. The summed E-state index contributed by atoms with van der Waals surface area (Å²) in [6, 6.07) is 0. The van der Waals surface area contributed by atoms with Crippen LogP contribution in [0.4, 0.5) is 0 Å². The summed E-state index contributed by atoms with van der Waals surface area (Å²) in [7, 11) is 0. The standard InChI is InChI=1S/C17H33NO3/c1-3-15(2)17(21)18-14-12-10-8-6-4-5-7-9-11-13-16(19)20/h15H,3-14H2,1-2H3,(H,18,21)(H,19,20)/p-1. The van der Waals surface area contributed by atoms with Gasteiger partial charge in [-0.1, -0.05) is 58.8 Å². The molecule has 0 bridgehead atoms. The lowest BCUT2D eigenvalue weighted by Gasteiger charge is -2.09. The Labute approximate surface area is 129 Å². The Morgan fingerprint density at radius 1 is 0.905 bits per heavy atom. The summed E-state index contributed by atoms with van der Waals surface area (Å²) in [4.78, 5) is 21.7. The van der Waals surface area contributed by atoms with Gasteiger partial charge in [-0.2, -0.15) is 0 Å². The first kappa shape index (κ1) is 19.9. The first-order chi connectivity index (χ1) is 10.1. The van der Waals surface area contributed by atoms with E-state index in [2.05, 4.69) is 5.32 Å². The summed E-state index contributed by atoms with van der Waals surface area (Å²) in [5, 5.41) is 13.2. The van der Waals surface area contributed by atoms with E-state index in [1.165, 1.54) is 32.1 Å². The lowest BCUT2D eigenvalue weighted by atomic mass is 10.1. The molecule has 1 unspecified atom stereocenters. The second-order valence-corrected chi connectivity index (χ2v) is 5.90. The predicted octanol–water partition coefficient (Wildman–Crippen LogP) is 2.80. The van der Waals surface area contributed by atoms with Crippen molar-refractivity contribution in [3.8, 4) is 0 Å². The third kappa shape index (κ3) is 13.7. The molecule has 0 aliphatic carbocycles. The quantitative estimate of drug-likeness (QED) is 0.501. The van der Waals surface area contributed by atoms with Crippen molar-refractivity contribution in [1.82, 2.24) is 5.32 Å². The van der Waals surface area contributed by atoms with Gasteiger partial charge in [-0.3, -0.25) is 4.79 Å². The molecule has 0 aromatic carbocycles. The van der Waals surface area contributed by atoms with Crippen LogP contribution in [0.5, 0.6) is 0 Å². The molecule has 0 heterocycles. The number of nitrogens with one attached hydrogen (secondary N) is 1. The Bertz CT molecular complexity index is 279. The number of carboxylic acids is 1. The highest BCUT2D eigenvalue weighted by Gasteiger charge is 2.08. The third-order valence-corrected chi connectivity index (χ3v) is 3.92. The van der Waals surface area contributed by atoms with Crippen LogP contribution in [-0.4, -0.2) is 18.4 Å². The van der Waals surface area contributed by atoms with Gasteiger partial charge in [-0.15, -0.1) is 0 Å². The van der Waals surface area contributed by atoms with E-state index in [0.717, 1.165) is 38.6 Å². The summed E-state index contributed by atoms with van der Waals surface area (Å²) in [6.07, 6.45) is 11.1. The summed E-state index contributed by atoms with van der Waals surface area (Å²) in [5.74, 6) is -0.633. The molecule has 0 radical (unpaired) electrons. The van der Waals surface area contributed by atoms with Crippen molar-refractivity contribution in [2.45, 2.75) is 84.5 Å². The number of rotatable bonds is 14. The summed E-state index contributed by atoms with van der Waals surface area (Å²) < 4.78 is 0. The Morgan fingerprint density at radius 3 is 1.86 bits per heavy atom. The molecule has 0 rings (SSSR count). The Hall–Kier alpha value is -1.06. The molecule has 4 nitrogen and oxygen atoms in total. The molecule has 1 atom stereocenters. The molecule has 0 aromatic rings. The zero-order chi connectivity index (χ0) is 15.9. The van der Waals surface area contributed by atoms with Crippen molar-refractivity contribution in [2.75, 3.05) is 6.54 Å². The van der Waals surface area contributed by atoms with E-state index < -0.39 is 5.97 Å². The molecule has 4 heteroatoms. The second-order valence-electron chi connectivity index (χ2n) is 5.90. The van der Waals surface area contributed by atoms with Crippen LogP contribution in [0, 0.1) is 5.92 Å². The van der Waals surface area contributed by atoms with Crippen molar-refractivity contribution in [3.63, 3.8) is 0 Å². The topological polar surface area (TPSA) is 69.2 Å². The van der Waals surface area contributed by atoms with E-state index >= 15 is 0 Å². The molecule has 0 aromatic heterocycles. The number of carbonyl (C=O) groups excluding carboxylic acids is 2. The smallest absolute Gasteiger partial charge is 0.222 e. The van der Waals surface area contributed by atoms with E-state index in [0.29, 0.717) is 0 Å². The number of carboxylic acid groups (broad SMARTS) is 1. The second kappa shape index (κ2) is 13.9. The van der Waals surface area contributed by atoms with Gasteiger partial charge in [0.05, 0.1) is 0 Å². The monoisotopic (exact) mass is 298 g/mol. The van der Waals surface area contributed by atoms with Gasteiger partial charge in [0.2, 0.25) is 5.91 Å². The van der Waals surface area contributed by atoms with Crippen LogP contribution in [0.25, 0.3) is 0 Å². The minimum atomic E-state index is -0.935. The molecular weight excluding hydrogens is 266 g/mol. The van der Waals surface area contributed by atoms with Crippen LogP contribution in [-0.2, 0) is 9.59 Å². The molecule has 0 fully saturated rings. The van der Waals surface area contributed by atoms with Gasteiger partial charge < -0.3 is 15.2 Å². The van der Waals surface area contributed by atoms with Crippen molar-refractivity contribution < 1.29 is 14.7 Å². The molecular formula is C17H32NO3-. The first-order valence-electron chi connectivity index (χ1n) is 8.55. The number of carbonyl (C=O) groups is 2. The third-order valence-electron chi connectivity index (χ3n) is 3.92. The van der Waals surface area contributed by atoms with E-state index in [4.69, 9.17) is 0 Å². The van der Waals surface area contributed by atoms with E-state index in [-0.39, 0.29) is 18.2 Å². The van der Waals surface area contributed by atoms with E-state index in [1.54, 1.807) is 0 Å². The predicted molar refractivity (Wildman–Crippen MR) is 83.6 cm³/mol. The van der Waals surface area contributed by atoms with Crippen molar-refractivity contribution in [2.24, 2.45) is 5.92 Å². The average molecular weight is 298 g/mol. The molecule has 21 heavy (non-hydrogen) atoms. The van der Waals surface area contributed by atoms with Crippen LogP contribution in [0.1, 0.15) is 84.5 Å². The minimum Gasteiger partial charge on any atom is -0.550 e. The zero-order valence-electron chi connectivity index (χ0n) is 13.8. The maximum Gasteiger partial charge on any atom is 0.222 e. The maximum absolute atomic E-state index is 11.5. The van der Waals surface area contributed by atoms with Gasteiger partial charge in [0.15, 0.2) is 0 Å². The number of aliphatic carboxylic acids is 1. The SMILES string of the molecule is CCC(C)C(=O)NCCCCCCCCCCCC(=O)[O-]. The summed E-state index contributed by atoms with van der Waals surface area (Å²) in [6.45, 7) is 4.79. The van der Waals surface area contributed by atoms with Gasteiger partial charge in [-0.25, -0.2) is 0 Å². The van der Waals surface area contributed by atoms with Crippen molar-refractivity contribution >= 4 is 11.9 Å². The number of hydrogen-bond acceptors (Lipinski definition) is 3. The maximum atomic E-state index is 11.5. The lowest BCUT2D eigenvalue weighted by Crippen LogP contribution is -2.29. The fourth-order valence-electron chi connectivity index (χ4n) is 2.20. The number of hydrogen-bond donors (Lipinski definition) is 1. The van der Waals surface area contributed by atoms with Crippen molar-refractivity contribution in [3.05, 3.63) is 0 Å². The molecule has 0 aliphatic rings. The molecule has 0 spiro atoms. The van der Waals surface area contributed by atoms with Crippen LogP contribution in [0.2, 0.25) is 0 Å². The van der Waals surface area contributed by atoms with E-state index in [1.807, 2.05) is 13.8 Å². The average Bonchev–Trinajstić information content (AvgIpc) is 2.46. The molecule has 0 aliphatic heterocycles. The van der Waals surface area contributed by atoms with Gasteiger partial charge in [0, 0.05) is 18.4 Å². The van der Waals surface area contributed by atoms with Gasteiger partial charge >= 0.3 is 0 Å². The minimum absolute atomic E-state index is 0.127. The highest BCUT2D eigenvalue weighted by atomic mass is 16.4. The molecule has 1 N–H and O–H groups in total. The van der Waals surface area contributed by atoms with Crippen molar-refractivity contribution in [1.29, 1.82) is 0 Å². The Balaban J connectivity index is 3.16. The van der Waals surface area contributed by atoms with Crippen LogP contribution >= 0.6 is 0 Å². The van der Waals surface area contributed by atoms with Crippen LogP contribution in [0.3, 0.4) is 0 Å². The zero-order valence-corrected chi connectivity index (χ0v) is 13.8. The molecule has 0 saturated heterocycles. The Kier molecular flexibility index (Phi) is 13.2. The van der Waals surface area contributed by atoms with Gasteiger partial charge in [0.25, 0.3) is 0 Å². The summed E-state index contributed by atoms with van der Waals surface area (Å²) in [5.41, 5.74) is 0. The summed E-state index contributed by atoms with van der Waals surface area (Å²) >= 11 is 0. The van der Waals surface area contributed by atoms with E-state index in [9.17, 15) is 14.7 Å². The number of amides is 1. The lowest BCUT2D eigenvalue weighted by molar-refractivity contribution is -0.305. The molecule has 124 valence electrons. The Morgan fingerprint density at radius 2 is 1.38 bits per heavy atom. The van der Waals surface area contributed by atoms with Crippen LogP contribution < -0.4 is 10.4 Å². The van der Waals surface area contributed by atoms with Crippen LogP contribution in [0.15, 0.2) is 0 Å². The highest BCUT2D eigenvalue weighted by molar-refractivity contribution is 5.78. The normalized spacial score (nSPS) is 12.1. The largest absolute Gasteiger partial charge is 0.550 e. The van der Waals surface area contributed by atoms with Gasteiger partial charge in [-0.05, 0) is 25.7 Å². The highest BCUT2D eigenvalue weighted by Crippen LogP contribution is 2.10. The fraction of sp³-hybridized carbons (Fsp3) is 0.882. The first-order valence-corrected chi connectivity index (χ1v) is 8.55.